The Morgan fingerprint density at radius 3 is 1.73 bits per heavy atom. The van der Waals surface area contributed by atoms with Crippen LogP contribution in [0.5, 0.6) is 11.5 Å². The lowest BCUT2D eigenvalue weighted by Crippen LogP contribution is -2.45. The van der Waals surface area contributed by atoms with E-state index in [1.165, 1.54) is 16.4 Å². The number of para-hydroxylation sites is 2. The molecule has 0 radical (unpaired) electrons. The van der Waals surface area contributed by atoms with E-state index in [1.54, 1.807) is 38.7 Å². The van der Waals surface area contributed by atoms with E-state index < -0.39 is 32.4 Å². The molecule has 1 fully saturated rings. The number of aromatic amines is 2. The van der Waals surface area contributed by atoms with Gasteiger partial charge in [0.05, 0.1) is 41.3 Å². The first-order chi connectivity index (χ1) is 30.2. The second kappa shape index (κ2) is 20.8. The molecule has 340 valence electrons. The summed E-state index contributed by atoms with van der Waals surface area (Å²) in [5.74, 6) is -0.954. The van der Waals surface area contributed by atoms with Crippen LogP contribution in [0.2, 0.25) is 5.28 Å². The van der Waals surface area contributed by atoms with Crippen LogP contribution >= 0.6 is 11.6 Å². The van der Waals surface area contributed by atoms with Crippen LogP contribution in [0, 0.1) is 0 Å². The Kier molecular flexibility index (Phi) is 15.7. The predicted molar refractivity (Wildman–Crippen MR) is 229 cm³/mol. The molecule has 1 aliphatic heterocycles. The van der Waals surface area contributed by atoms with Crippen molar-refractivity contribution in [2.75, 3.05) is 32.6 Å². The molecule has 0 aliphatic carbocycles. The largest absolute Gasteiger partial charge is 0.496 e. The number of ether oxygens (including phenoxy) is 2. The molecule has 0 saturated carbocycles. The lowest BCUT2D eigenvalue weighted by molar-refractivity contribution is -0.192. The molecule has 3 aromatic carbocycles. The number of anilines is 2. The SMILES string of the molecule is COc1ccccc1-c1[nH]nc2nc(Cl)ncc12.COc1ccccc1-c1[nH]nc2nc(Nc3ccc(S(N)(=O)=O)cc3)ncc12.NC1CCN(S(N)(=O)=O)CC1.O=C(O)C(F)(F)F. The summed E-state index contributed by atoms with van der Waals surface area (Å²) in [7, 11) is -3.97. The standard InChI is InChI=1S/C18H16N6O3S.C12H9ClN4O.C5H13N3O2S.C2HF3O2/c1-27-15-5-3-2-4-13(15)16-14-10-20-18(22-17(14)24-23-16)21-11-6-8-12(9-7-11)28(19,25)26;1-18-9-5-3-2-4-7(9)10-8-6-14-12(13)15-11(8)17-16-10;6-5-1-3-8(4-2-5)11(7,9)10;3-2(4,5)1(6)7/h2-10H,1H3,(H2,19,25,26)(H2,20,21,22,23,24);2-6H,1H3,(H,14,15,16,17);5H,1-4,6H2,(H2,7,9,10);(H,6,7). The zero-order valence-corrected chi connectivity index (χ0v) is 35.9. The third kappa shape index (κ3) is 12.8. The Morgan fingerprint density at radius 2 is 1.28 bits per heavy atom. The Bertz CT molecular complexity index is 2930. The van der Waals surface area contributed by atoms with Crippen molar-refractivity contribution >= 4 is 71.5 Å². The molecule has 0 amide bonds. The second-order valence-corrected chi connectivity index (χ2v) is 16.6. The van der Waals surface area contributed by atoms with Gasteiger partial charge < -0.3 is 25.6 Å². The lowest BCUT2D eigenvalue weighted by atomic mass is 10.1. The van der Waals surface area contributed by atoms with Crippen LogP contribution in [0.25, 0.3) is 44.6 Å². The van der Waals surface area contributed by atoms with Crippen molar-refractivity contribution in [3.8, 4) is 34.0 Å². The summed E-state index contributed by atoms with van der Waals surface area (Å²) in [6.45, 7) is 0.917. The Balaban J connectivity index is 0.000000182. The highest BCUT2D eigenvalue weighted by molar-refractivity contribution is 7.89. The summed E-state index contributed by atoms with van der Waals surface area (Å²) in [5, 5.41) is 36.2. The molecule has 0 spiro atoms. The van der Waals surface area contributed by atoms with E-state index in [9.17, 15) is 30.0 Å². The van der Waals surface area contributed by atoms with E-state index in [4.69, 9.17) is 47.0 Å². The van der Waals surface area contributed by atoms with E-state index in [-0.39, 0.29) is 16.2 Å². The van der Waals surface area contributed by atoms with Crippen LogP contribution in [-0.4, -0.2) is 112 Å². The molecule has 4 aromatic heterocycles. The van der Waals surface area contributed by atoms with E-state index in [1.807, 2.05) is 48.5 Å². The molecule has 0 bridgehead atoms. The number of fused-ring (bicyclic) bond motifs is 2. The molecular weight excluding hydrogens is 911 g/mol. The third-order valence-corrected chi connectivity index (χ3v) is 11.1. The number of nitrogens with two attached hydrogens (primary N) is 3. The van der Waals surface area contributed by atoms with Crippen molar-refractivity contribution in [1.29, 1.82) is 0 Å². The molecule has 0 atom stereocenters. The molecule has 5 heterocycles. The minimum atomic E-state index is -5.08. The number of H-pyrrole nitrogens is 2. The van der Waals surface area contributed by atoms with E-state index in [0.717, 1.165) is 39.0 Å². The quantitative estimate of drug-likeness (QED) is 0.104. The van der Waals surface area contributed by atoms with Crippen molar-refractivity contribution in [3.63, 3.8) is 0 Å². The zero-order valence-electron chi connectivity index (χ0n) is 33.5. The number of carboxylic acid groups (broad SMARTS) is 1. The van der Waals surface area contributed by atoms with Gasteiger partial charge in [0.25, 0.3) is 10.2 Å². The summed E-state index contributed by atoms with van der Waals surface area (Å²) in [5.41, 5.74) is 10.6. The zero-order chi connectivity index (χ0) is 46.8. The third-order valence-electron chi connectivity index (χ3n) is 8.89. The fraction of sp³-hybridized carbons (Fsp3) is 0.216. The first kappa shape index (κ1) is 48.5. The summed E-state index contributed by atoms with van der Waals surface area (Å²) < 4.78 is 87.9. The molecule has 21 nitrogen and oxygen atoms in total. The first-order valence-corrected chi connectivity index (χ1v) is 21.7. The summed E-state index contributed by atoms with van der Waals surface area (Å²) >= 11 is 5.73. The smallest absolute Gasteiger partial charge is 0.490 e. The van der Waals surface area contributed by atoms with Gasteiger partial charge in [0.2, 0.25) is 21.3 Å². The average Bonchev–Trinajstić information content (AvgIpc) is 3.87. The molecule has 1 aliphatic rings. The number of nitrogens with one attached hydrogen (secondary N) is 3. The molecular formula is C37H39ClF3N13O8S2. The maximum atomic E-state index is 11.3. The van der Waals surface area contributed by atoms with E-state index >= 15 is 0 Å². The van der Waals surface area contributed by atoms with Gasteiger partial charge >= 0.3 is 12.1 Å². The minimum Gasteiger partial charge on any atom is -0.496 e. The normalized spacial score (nSPS) is 13.4. The number of aromatic nitrogens is 8. The Labute approximate surface area is 367 Å². The maximum absolute atomic E-state index is 11.3. The Morgan fingerprint density at radius 1 is 0.812 bits per heavy atom. The van der Waals surface area contributed by atoms with Crippen LogP contribution < -0.4 is 30.8 Å². The highest BCUT2D eigenvalue weighted by Crippen LogP contribution is 2.34. The number of piperidine rings is 1. The van der Waals surface area contributed by atoms with Crippen molar-refractivity contribution in [1.82, 2.24) is 44.6 Å². The molecule has 64 heavy (non-hydrogen) atoms. The number of carbonyl (C=O) groups is 1. The predicted octanol–water partition coefficient (Wildman–Crippen LogP) is 4.35. The fourth-order valence-electron chi connectivity index (χ4n) is 5.75. The van der Waals surface area contributed by atoms with E-state index in [2.05, 4.69) is 45.6 Å². The van der Waals surface area contributed by atoms with Gasteiger partial charge in [0, 0.05) is 48.3 Å². The summed E-state index contributed by atoms with van der Waals surface area (Å²) in [6, 6.07) is 21.4. The topological polar surface area (TPSA) is 326 Å². The minimum absolute atomic E-state index is 0.0307. The van der Waals surface area contributed by atoms with Gasteiger partial charge in [-0.25, -0.2) is 33.5 Å². The van der Waals surface area contributed by atoms with Crippen LogP contribution in [0.1, 0.15) is 12.8 Å². The number of hydrogen-bond acceptors (Lipinski definition) is 15. The number of benzene rings is 3. The monoisotopic (exact) mass is 949 g/mol. The van der Waals surface area contributed by atoms with Gasteiger partial charge in [-0.05, 0) is 73.0 Å². The first-order valence-electron chi connectivity index (χ1n) is 18.3. The number of rotatable bonds is 8. The molecule has 0 unspecified atom stereocenters. The fourth-order valence-corrected chi connectivity index (χ4v) is 7.11. The van der Waals surface area contributed by atoms with Gasteiger partial charge in [-0.2, -0.15) is 46.1 Å². The maximum Gasteiger partial charge on any atom is 0.490 e. The van der Waals surface area contributed by atoms with Gasteiger partial charge in [-0.3, -0.25) is 10.2 Å². The number of halogens is 4. The van der Waals surface area contributed by atoms with Gasteiger partial charge in [-0.15, -0.1) is 0 Å². The number of sulfonamides is 1. The van der Waals surface area contributed by atoms with Crippen molar-refractivity contribution in [2.24, 2.45) is 16.0 Å². The number of methoxy groups -OCH3 is 2. The molecule has 1 saturated heterocycles. The van der Waals surface area contributed by atoms with Crippen molar-refractivity contribution < 1.29 is 49.4 Å². The number of nitrogens with zero attached hydrogens (tertiary/aromatic N) is 7. The Hall–Kier alpha value is -6.55. The number of primary sulfonamides is 1. The molecule has 10 N–H and O–H groups in total. The van der Waals surface area contributed by atoms with Crippen LogP contribution in [0.15, 0.2) is 90.1 Å². The number of carboxylic acids is 1. The second-order valence-electron chi connectivity index (χ2n) is 13.2. The molecule has 27 heteroatoms. The van der Waals surface area contributed by atoms with Gasteiger partial charge in [-0.1, -0.05) is 24.3 Å². The van der Waals surface area contributed by atoms with Gasteiger partial charge in [0.1, 0.15) is 11.5 Å². The van der Waals surface area contributed by atoms with Crippen molar-refractivity contribution in [2.45, 2.75) is 30.0 Å². The molecule has 8 rings (SSSR count). The number of hydrogen-bond donors (Lipinski definition) is 7. The van der Waals surface area contributed by atoms with Crippen molar-refractivity contribution in [3.05, 3.63) is 90.5 Å². The van der Waals surface area contributed by atoms with Crippen LogP contribution in [-0.2, 0) is 25.0 Å². The number of aliphatic carboxylic acids is 1. The average molecular weight is 950 g/mol. The van der Waals surface area contributed by atoms with Gasteiger partial charge in [0.15, 0.2) is 11.3 Å². The van der Waals surface area contributed by atoms with Crippen LogP contribution in [0.4, 0.5) is 24.8 Å². The number of alkyl halides is 3. The summed E-state index contributed by atoms with van der Waals surface area (Å²) in [6.07, 6.45) is -0.364. The summed E-state index contributed by atoms with van der Waals surface area (Å²) in [4.78, 5) is 25.7. The molecule has 7 aromatic rings. The van der Waals surface area contributed by atoms with E-state index in [0.29, 0.717) is 54.6 Å². The highest BCUT2D eigenvalue weighted by atomic mass is 35.5. The highest BCUT2D eigenvalue weighted by Gasteiger charge is 2.38. The lowest BCUT2D eigenvalue weighted by Gasteiger charge is -2.27. The van der Waals surface area contributed by atoms with Crippen LogP contribution in [0.3, 0.4) is 0 Å².